The zero-order valence-corrected chi connectivity index (χ0v) is 20.1. The summed E-state index contributed by atoms with van der Waals surface area (Å²) in [6.07, 6.45) is 4.85. The van der Waals surface area contributed by atoms with E-state index in [0.717, 1.165) is 24.0 Å². The summed E-state index contributed by atoms with van der Waals surface area (Å²) in [6, 6.07) is 28.0. The highest BCUT2D eigenvalue weighted by atomic mass is 16.6. The third kappa shape index (κ3) is 5.60. The quantitative estimate of drug-likeness (QED) is 0.454. The Morgan fingerprint density at radius 2 is 1.39 bits per heavy atom. The van der Waals surface area contributed by atoms with Gasteiger partial charge in [0.05, 0.1) is 12.1 Å². The molecule has 0 aromatic heterocycles. The van der Waals surface area contributed by atoms with Crippen molar-refractivity contribution in [1.82, 2.24) is 10.2 Å². The molecule has 1 saturated heterocycles. The van der Waals surface area contributed by atoms with E-state index >= 15 is 0 Å². The summed E-state index contributed by atoms with van der Waals surface area (Å²) < 4.78 is 11.0. The molecule has 0 bridgehead atoms. The summed E-state index contributed by atoms with van der Waals surface area (Å²) >= 11 is 0. The van der Waals surface area contributed by atoms with Crippen LogP contribution in [0.2, 0.25) is 0 Å². The van der Waals surface area contributed by atoms with Crippen LogP contribution in [0.1, 0.15) is 28.7 Å². The number of benzene rings is 3. The predicted molar refractivity (Wildman–Crippen MR) is 137 cm³/mol. The molecule has 2 unspecified atom stereocenters. The Labute approximate surface area is 211 Å². The maximum Gasteiger partial charge on any atom is 0.410 e. The van der Waals surface area contributed by atoms with E-state index in [-0.39, 0.29) is 25.2 Å². The molecular formula is C30H30N2O4. The first kappa shape index (κ1) is 23.7. The summed E-state index contributed by atoms with van der Waals surface area (Å²) in [5.74, 6) is 0.103. The number of likely N-dealkylation sites (tertiary alicyclic amines) is 1. The van der Waals surface area contributed by atoms with Crippen molar-refractivity contribution >= 4 is 12.2 Å². The summed E-state index contributed by atoms with van der Waals surface area (Å²) in [5.41, 5.74) is 3.71. The van der Waals surface area contributed by atoms with Gasteiger partial charge in [-0.05, 0) is 35.1 Å². The molecule has 6 nitrogen and oxygen atoms in total. The summed E-state index contributed by atoms with van der Waals surface area (Å²) in [6.45, 7) is 1.31. The average Bonchev–Trinajstić information content (AvgIpc) is 3.45. The van der Waals surface area contributed by atoms with E-state index < -0.39 is 11.6 Å². The second-order valence-electron chi connectivity index (χ2n) is 9.48. The molecule has 3 aromatic rings. The van der Waals surface area contributed by atoms with Crippen LogP contribution in [0.25, 0.3) is 0 Å². The minimum absolute atomic E-state index is 0.103. The summed E-state index contributed by atoms with van der Waals surface area (Å²) in [4.78, 5) is 27.0. The minimum Gasteiger partial charge on any atom is -0.445 e. The lowest BCUT2D eigenvalue weighted by Crippen LogP contribution is -2.51. The molecule has 3 aromatic carbocycles. The number of rotatable bonds is 7. The van der Waals surface area contributed by atoms with Crippen molar-refractivity contribution in [2.75, 3.05) is 13.1 Å². The van der Waals surface area contributed by atoms with Crippen LogP contribution in [0.15, 0.2) is 97.1 Å². The van der Waals surface area contributed by atoms with Gasteiger partial charge in [-0.25, -0.2) is 9.59 Å². The van der Waals surface area contributed by atoms with Crippen LogP contribution >= 0.6 is 0 Å². The van der Waals surface area contributed by atoms with Crippen LogP contribution in [0, 0.1) is 5.92 Å². The molecule has 1 fully saturated rings. The molecule has 2 aliphatic rings. The van der Waals surface area contributed by atoms with Crippen molar-refractivity contribution in [3.63, 3.8) is 0 Å². The van der Waals surface area contributed by atoms with Gasteiger partial charge >= 0.3 is 12.2 Å². The van der Waals surface area contributed by atoms with Crippen LogP contribution in [0.4, 0.5) is 9.59 Å². The topological polar surface area (TPSA) is 67.9 Å². The fourth-order valence-electron chi connectivity index (χ4n) is 4.95. The fourth-order valence-corrected chi connectivity index (χ4v) is 4.95. The smallest absolute Gasteiger partial charge is 0.410 e. The molecule has 0 saturated carbocycles. The number of hydrogen-bond acceptors (Lipinski definition) is 4. The Bertz CT molecular complexity index is 1210. The van der Waals surface area contributed by atoms with Crippen molar-refractivity contribution in [1.29, 1.82) is 0 Å². The number of carbonyl (C=O) groups is 2. The van der Waals surface area contributed by atoms with E-state index in [1.807, 2.05) is 66.7 Å². The van der Waals surface area contributed by atoms with Crippen LogP contribution in [-0.2, 0) is 29.1 Å². The van der Waals surface area contributed by atoms with Gasteiger partial charge in [0.15, 0.2) is 0 Å². The summed E-state index contributed by atoms with van der Waals surface area (Å²) in [5, 5.41) is 3.03. The Hall–Kier alpha value is -4.06. The number of nitrogens with zero attached hydrogens (tertiary/aromatic N) is 1. The Kier molecular flexibility index (Phi) is 7.03. The van der Waals surface area contributed by atoms with Crippen molar-refractivity contribution in [2.45, 2.75) is 31.6 Å². The molecule has 1 aliphatic heterocycles. The maximum atomic E-state index is 12.7. The summed E-state index contributed by atoms with van der Waals surface area (Å²) in [7, 11) is 0. The minimum atomic E-state index is -0.623. The molecule has 1 heterocycles. The van der Waals surface area contributed by atoms with Crippen molar-refractivity contribution in [2.24, 2.45) is 5.92 Å². The van der Waals surface area contributed by atoms with Gasteiger partial charge in [-0.1, -0.05) is 97.1 Å². The van der Waals surface area contributed by atoms with E-state index in [2.05, 4.69) is 35.7 Å². The number of ether oxygens (including phenoxy) is 2. The monoisotopic (exact) mass is 482 g/mol. The van der Waals surface area contributed by atoms with Crippen LogP contribution in [-0.4, -0.2) is 35.7 Å². The number of allylic oxidation sites excluding steroid dienone is 1. The van der Waals surface area contributed by atoms with Gasteiger partial charge in [-0.2, -0.15) is 0 Å². The third-order valence-corrected chi connectivity index (χ3v) is 6.90. The highest BCUT2D eigenvalue weighted by Gasteiger charge is 2.50. The normalized spacial score (nSPS) is 20.1. The van der Waals surface area contributed by atoms with E-state index in [9.17, 15) is 9.59 Å². The van der Waals surface area contributed by atoms with Crippen LogP contribution < -0.4 is 5.32 Å². The number of carbonyl (C=O) groups excluding carboxylic acids is 2. The van der Waals surface area contributed by atoms with Crippen molar-refractivity contribution in [3.8, 4) is 0 Å². The Morgan fingerprint density at radius 3 is 2.11 bits per heavy atom. The third-order valence-electron chi connectivity index (χ3n) is 6.90. The van der Waals surface area contributed by atoms with Gasteiger partial charge in [0, 0.05) is 12.5 Å². The molecule has 1 aliphatic carbocycles. The van der Waals surface area contributed by atoms with Crippen LogP contribution in [0.3, 0.4) is 0 Å². The van der Waals surface area contributed by atoms with Crippen LogP contribution in [0.5, 0.6) is 0 Å². The Morgan fingerprint density at radius 1 is 0.806 bits per heavy atom. The maximum absolute atomic E-state index is 12.7. The first-order valence-corrected chi connectivity index (χ1v) is 12.3. The molecule has 6 heteroatoms. The second kappa shape index (κ2) is 10.7. The SMILES string of the molecule is O=C(NC12C=CCC1CN(C(=O)OCc1ccccc1)C2)OCc1ccc(Cc2ccccc2)cc1. The lowest BCUT2D eigenvalue weighted by molar-refractivity contribution is 0.100. The van der Waals surface area contributed by atoms with Gasteiger partial charge < -0.3 is 19.7 Å². The molecule has 0 spiro atoms. The number of alkyl carbamates (subject to hydrolysis) is 1. The zero-order valence-electron chi connectivity index (χ0n) is 20.1. The fraction of sp³-hybridized carbons (Fsp3) is 0.267. The first-order valence-electron chi connectivity index (χ1n) is 12.3. The van der Waals surface area contributed by atoms with E-state index in [0.29, 0.717) is 13.1 Å². The number of fused-ring (bicyclic) bond motifs is 1. The molecular weight excluding hydrogens is 452 g/mol. The molecule has 0 radical (unpaired) electrons. The van der Waals surface area contributed by atoms with E-state index in [1.165, 1.54) is 11.1 Å². The van der Waals surface area contributed by atoms with Gasteiger partial charge in [0.2, 0.25) is 0 Å². The molecule has 5 rings (SSSR count). The van der Waals surface area contributed by atoms with Gasteiger partial charge in [0.1, 0.15) is 13.2 Å². The second-order valence-corrected chi connectivity index (χ2v) is 9.48. The molecule has 184 valence electrons. The van der Waals surface area contributed by atoms with Crippen molar-refractivity contribution in [3.05, 3.63) is 119 Å². The van der Waals surface area contributed by atoms with E-state index in [4.69, 9.17) is 9.47 Å². The highest BCUT2D eigenvalue weighted by Crippen LogP contribution is 2.37. The first-order chi connectivity index (χ1) is 17.6. The molecule has 1 N–H and O–H groups in total. The molecule has 2 amide bonds. The van der Waals surface area contributed by atoms with E-state index in [1.54, 1.807) is 4.90 Å². The highest BCUT2D eigenvalue weighted by molar-refractivity contribution is 5.72. The number of hydrogen-bond donors (Lipinski definition) is 1. The molecule has 2 atom stereocenters. The average molecular weight is 483 g/mol. The lowest BCUT2D eigenvalue weighted by Gasteiger charge is -2.28. The molecule has 36 heavy (non-hydrogen) atoms. The lowest BCUT2D eigenvalue weighted by atomic mass is 9.91. The predicted octanol–water partition coefficient (Wildman–Crippen LogP) is 5.47. The van der Waals surface area contributed by atoms with Gasteiger partial charge in [-0.15, -0.1) is 0 Å². The number of amides is 2. The Balaban J connectivity index is 1.12. The van der Waals surface area contributed by atoms with Gasteiger partial charge in [-0.3, -0.25) is 0 Å². The van der Waals surface area contributed by atoms with Crippen molar-refractivity contribution < 1.29 is 19.1 Å². The largest absolute Gasteiger partial charge is 0.445 e. The number of nitrogens with one attached hydrogen (secondary N) is 1. The standard InChI is InChI=1S/C30H30N2O4/c33-28(35-20-26-15-13-24(14-16-26)18-23-8-3-1-4-9-23)31-30-17-7-12-27(30)19-32(22-30)29(34)36-21-25-10-5-2-6-11-25/h1-11,13-17,27H,12,18-22H2,(H,31,33). The zero-order chi connectivity index (χ0) is 24.8. The van der Waals surface area contributed by atoms with Gasteiger partial charge in [0.25, 0.3) is 0 Å².